The van der Waals surface area contributed by atoms with E-state index in [2.05, 4.69) is 15.0 Å². The van der Waals surface area contributed by atoms with E-state index in [1.807, 2.05) is 0 Å². The number of hydrogen-bond acceptors (Lipinski definition) is 5. The molecule has 0 radical (unpaired) electrons. The predicted octanol–water partition coefficient (Wildman–Crippen LogP) is 0.809. The van der Waals surface area contributed by atoms with Crippen molar-refractivity contribution in [3.63, 3.8) is 0 Å². The smallest absolute Gasteiger partial charge is 0.258 e. The number of aryl methyl sites for hydroxylation is 1. The number of nitrogens with one attached hydrogen (secondary N) is 1. The molecule has 0 aliphatic carbocycles. The summed E-state index contributed by atoms with van der Waals surface area (Å²) in [5.74, 6) is 0.466. The molecule has 7 heteroatoms. The summed E-state index contributed by atoms with van der Waals surface area (Å²) in [6, 6.07) is 1.27. The molecule has 0 saturated heterocycles. The number of hydrogen-bond donors (Lipinski definition) is 1. The molecule has 6 nitrogen and oxygen atoms in total. The maximum atomic E-state index is 12.0. The van der Waals surface area contributed by atoms with E-state index in [4.69, 9.17) is 0 Å². The maximum absolute atomic E-state index is 12.0. The molecule has 0 bridgehead atoms. The van der Waals surface area contributed by atoms with Gasteiger partial charge in [0.25, 0.3) is 5.56 Å². The number of sulfone groups is 1. The van der Waals surface area contributed by atoms with Crippen molar-refractivity contribution in [2.45, 2.75) is 31.0 Å². The second kappa shape index (κ2) is 4.16. The number of nitrogens with zero attached hydrogens (tertiary/aromatic N) is 2. The van der Waals surface area contributed by atoms with Gasteiger partial charge in [0, 0.05) is 0 Å². The minimum absolute atomic E-state index is 0.0962. The first-order valence-electron chi connectivity index (χ1n) is 5.43. The van der Waals surface area contributed by atoms with Gasteiger partial charge in [-0.1, -0.05) is 0 Å². The molecule has 2 aromatic rings. The van der Waals surface area contributed by atoms with Crippen LogP contribution < -0.4 is 5.56 Å². The van der Waals surface area contributed by atoms with E-state index in [0.29, 0.717) is 11.3 Å². The largest absolute Gasteiger partial charge is 0.310 e. The van der Waals surface area contributed by atoms with E-state index in [0.717, 1.165) is 0 Å². The van der Waals surface area contributed by atoms with Gasteiger partial charge >= 0.3 is 0 Å². The van der Waals surface area contributed by atoms with Crippen LogP contribution in [0, 0.1) is 6.92 Å². The Bertz CT molecular complexity index is 763. The molecule has 0 atom stereocenters. The lowest BCUT2D eigenvalue weighted by Crippen LogP contribution is -2.17. The van der Waals surface area contributed by atoms with E-state index in [-0.39, 0.29) is 16.0 Å². The van der Waals surface area contributed by atoms with E-state index < -0.39 is 15.1 Å². The van der Waals surface area contributed by atoms with Crippen molar-refractivity contribution in [1.29, 1.82) is 0 Å². The van der Waals surface area contributed by atoms with Crippen LogP contribution in [0.1, 0.15) is 19.7 Å². The van der Waals surface area contributed by atoms with Gasteiger partial charge in [-0.2, -0.15) is 0 Å². The van der Waals surface area contributed by atoms with Crippen LogP contribution in [0.3, 0.4) is 0 Å². The first-order chi connectivity index (χ1) is 8.32. The molecule has 0 amide bonds. The molecule has 0 spiro atoms. The second-order valence-electron chi connectivity index (χ2n) is 4.28. The molecule has 0 aliphatic rings. The molecule has 18 heavy (non-hydrogen) atoms. The molecule has 0 unspecified atom stereocenters. The lowest BCUT2D eigenvalue weighted by Gasteiger charge is -2.07. The van der Waals surface area contributed by atoms with Crippen LogP contribution in [-0.2, 0) is 9.84 Å². The molecule has 96 valence electrons. The highest BCUT2D eigenvalue weighted by Crippen LogP contribution is 2.16. The fourth-order valence-electron chi connectivity index (χ4n) is 1.54. The van der Waals surface area contributed by atoms with Crippen LogP contribution in [0.25, 0.3) is 10.9 Å². The van der Waals surface area contributed by atoms with Gasteiger partial charge < -0.3 is 4.98 Å². The Morgan fingerprint density at radius 3 is 2.61 bits per heavy atom. The van der Waals surface area contributed by atoms with Crippen LogP contribution in [0.4, 0.5) is 0 Å². The quantitative estimate of drug-likeness (QED) is 0.869. The highest BCUT2D eigenvalue weighted by molar-refractivity contribution is 7.91. The average Bonchev–Trinajstić information content (AvgIpc) is 2.27. The molecule has 0 saturated carbocycles. The van der Waals surface area contributed by atoms with Gasteiger partial charge in [0.2, 0.25) is 0 Å². The lowest BCUT2D eigenvalue weighted by atomic mass is 10.3. The van der Waals surface area contributed by atoms with Crippen LogP contribution >= 0.6 is 0 Å². The molecule has 2 heterocycles. The van der Waals surface area contributed by atoms with Gasteiger partial charge in [-0.25, -0.2) is 18.4 Å². The number of aromatic nitrogens is 3. The average molecular weight is 267 g/mol. The highest BCUT2D eigenvalue weighted by atomic mass is 32.2. The molecular weight excluding hydrogens is 254 g/mol. The van der Waals surface area contributed by atoms with Crippen LogP contribution in [0.15, 0.2) is 22.1 Å². The summed E-state index contributed by atoms with van der Waals surface area (Å²) in [4.78, 5) is 22.2. The predicted molar refractivity (Wildman–Crippen MR) is 67.2 cm³/mol. The molecular formula is C11H13N3O3S. The highest BCUT2D eigenvalue weighted by Gasteiger charge is 2.21. The minimum Gasteiger partial charge on any atom is -0.310 e. The molecule has 2 rings (SSSR count). The number of aromatic amines is 1. The van der Waals surface area contributed by atoms with Gasteiger partial charge in [-0.15, -0.1) is 0 Å². The van der Waals surface area contributed by atoms with Crippen LogP contribution in [0.5, 0.6) is 0 Å². The molecule has 0 fully saturated rings. The minimum atomic E-state index is -3.49. The van der Waals surface area contributed by atoms with E-state index >= 15 is 0 Å². The topological polar surface area (TPSA) is 92.8 Å². The van der Waals surface area contributed by atoms with E-state index in [9.17, 15) is 13.2 Å². The first kappa shape index (κ1) is 12.7. The Morgan fingerprint density at radius 1 is 1.33 bits per heavy atom. The van der Waals surface area contributed by atoms with Crippen molar-refractivity contribution in [2.75, 3.05) is 0 Å². The summed E-state index contributed by atoms with van der Waals surface area (Å²) >= 11 is 0. The number of fused-ring (bicyclic) bond motifs is 1. The fourth-order valence-corrected chi connectivity index (χ4v) is 2.50. The van der Waals surface area contributed by atoms with Crippen LogP contribution in [-0.4, -0.2) is 28.6 Å². The number of pyridine rings is 1. The Hall–Kier alpha value is -1.76. The third-order valence-corrected chi connectivity index (χ3v) is 4.64. The van der Waals surface area contributed by atoms with Gasteiger partial charge in [0.15, 0.2) is 14.9 Å². The Morgan fingerprint density at radius 2 is 2.00 bits per heavy atom. The number of rotatable bonds is 2. The zero-order valence-corrected chi connectivity index (χ0v) is 11.1. The summed E-state index contributed by atoms with van der Waals surface area (Å²) in [6.07, 6.45) is 1.31. The van der Waals surface area contributed by atoms with Crippen LogP contribution in [0.2, 0.25) is 0 Å². The maximum Gasteiger partial charge on any atom is 0.258 e. The van der Waals surface area contributed by atoms with Crippen molar-refractivity contribution in [1.82, 2.24) is 15.0 Å². The van der Waals surface area contributed by atoms with Crippen molar-refractivity contribution >= 4 is 20.7 Å². The first-order valence-corrected chi connectivity index (χ1v) is 6.97. The molecule has 2 aromatic heterocycles. The van der Waals surface area contributed by atoms with Gasteiger partial charge in [0.1, 0.15) is 5.82 Å². The monoisotopic (exact) mass is 267 g/mol. The van der Waals surface area contributed by atoms with Crippen molar-refractivity contribution < 1.29 is 8.42 Å². The summed E-state index contributed by atoms with van der Waals surface area (Å²) in [6.45, 7) is 4.79. The zero-order valence-electron chi connectivity index (χ0n) is 10.3. The molecule has 0 aliphatic heterocycles. The van der Waals surface area contributed by atoms with Gasteiger partial charge in [-0.3, -0.25) is 4.79 Å². The number of H-pyrrole nitrogens is 1. The molecule has 1 N–H and O–H groups in total. The SMILES string of the molecule is Cc1nc2cnc(S(=O)(=O)C(C)C)cc2c(=O)[nH]1. The Kier molecular flexibility index (Phi) is 2.94. The van der Waals surface area contributed by atoms with Gasteiger partial charge in [-0.05, 0) is 26.8 Å². The van der Waals surface area contributed by atoms with E-state index in [1.165, 1.54) is 12.3 Å². The zero-order chi connectivity index (χ0) is 13.5. The van der Waals surface area contributed by atoms with Crippen molar-refractivity contribution in [2.24, 2.45) is 0 Å². The summed E-state index contributed by atoms with van der Waals surface area (Å²) in [5.41, 5.74) is 0.0269. The van der Waals surface area contributed by atoms with E-state index in [1.54, 1.807) is 20.8 Å². The third-order valence-electron chi connectivity index (χ3n) is 2.60. The van der Waals surface area contributed by atoms with Crippen molar-refractivity contribution in [3.05, 3.63) is 28.4 Å². The fraction of sp³-hybridized carbons (Fsp3) is 0.364. The summed E-state index contributed by atoms with van der Waals surface area (Å²) in [7, 11) is -3.49. The Labute approximate surface area is 104 Å². The summed E-state index contributed by atoms with van der Waals surface area (Å²) < 4.78 is 23.9. The normalized spacial score (nSPS) is 12.2. The Balaban J connectivity index is 2.77. The van der Waals surface area contributed by atoms with Crippen molar-refractivity contribution in [3.8, 4) is 0 Å². The van der Waals surface area contributed by atoms with Gasteiger partial charge in [0.05, 0.1) is 22.3 Å². The standard InChI is InChI=1S/C11H13N3O3S/c1-6(2)18(16,17)10-4-8-9(5-12-10)13-7(3)14-11(8)15/h4-6H,1-3H3,(H,13,14,15). The third kappa shape index (κ3) is 2.01. The lowest BCUT2D eigenvalue weighted by molar-refractivity contribution is 0.584. The summed E-state index contributed by atoms with van der Waals surface area (Å²) in [5, 5.41) is -0.448. The molecule has 0 aromatic carbocycles. The second-order valence-corrected chi connectivity index (χ2v) is 6.74.